The highest BCUT2D eigenvalue weighted by atomic mass is 32.1. The lowest BCUT2D eigenvalue weighted by Crippen LogP contribution is -2.14. The predicted molar refractivity (Wildman–Crippen MR) is 79.3 cm³/mol. The first-order valence-electron chi connectivity index (χ1n) is 5.96. The Morgan fingerprint density at radius 3 is 2.65 bits per heavy atom. The Morgan fingerprint density at radius 2 is 2.00 bits per heavy atom. The molecule has 0 unspecified atom stereocenters. The molecule has 5 heteroatoms. The van der Waals surface area contributed by atoms with Gasteiger partial charge in [0, 0.05) is 10.6 Å². The molecular weight excluding hydrogens is 277 g/mol. The molecule has 104 valence electrons. The first kappa shape index (κ1) is 14.4. The molecule has 1 N–H and O–H groups in total. The van der Waals surface area contributed by atoms with Gasteiger partial charge in [0.15, 0.2) is 0 Å². The Bertz CT molecular complexity index is 658. The number of benzene rings is 2. The molecule has 0 aliphatic rings. The number of ether oxygens (including phenoxy) is 1. The van der Waals surface area contributed by atoms with Gasteiger partial charge in [0.05, 0.1) is 12.7 Å². The van der Waals surface area contributed by atoms with Crippen LogP contribution in [-0.4, -0.2) is 13.0 Å². The van der Waals surface area contributed by atoms with Gasteiger partial charge in [-0.1, -0.05) is 0 Å². The average molecular weight is 291 g/mol. The summed E-state index contributed by atoms with van der Waals surface area (Å²) >= 11 is 4.11. The van der Waals surface area contributed by atoms with Crippen LogP contribution in [0.5, 0.6) is 5.75 Å². The van der Waals surface area contributed by atoms with Gasteiger partial charge in [0.1, 0.15) is 11.6 Å². The van der Waals surface area contributed by atoms with E-state index in [9.17, 15) is 9.18 Å². The minimum atomic E-state index is -0.577. The zero-order chi connectivity index (χ0) is 14.7. The molecule has 0 spiro atoms. The molecule has 2 aromatic carbocycles. The second kappa shape index (κ2) is 5.96. The van der Waals surface area contributed by atoms with Crippen molar-refractivity contribution in [2.75, 3.05) is 12.4 Å². The molecule has 3 nitrogen and oxygen atoms in total. The Kier molecular flexibility index (Phi) is 4.29. The van der Waals surface area contributed by atoms with E-state index in [1.54, 1.807) is 25.3 Å². The summed E-state index contributed by atoms with van der Waals surface area (Å²) < 4.78 is 18.7. The number of aryl methyl sites for hydroxylation is 1. The third-order valence-electron chi connectivity index (χ3n) is 2.88. The smallest absolute Gasteiger partial charge is 0.258 e. The average Bonchev–Trinajstić information content (AvgIpc) is 2.43. The van der Waals surface area contributed by atoms with E-state index in [4.69, 9.17) is 4.74 Å². The zero-order valence-electron chi connectivity index (χ0n) is 11.1. The molecule has 0 aromatic heterocycles. The summed E-state index contributed by atoms with van der Waals surface area (Å²) in [7, 11) is 1.57. The molecule has 0 saturated heterocycles. The second-order valence-electron chi connectivity index (χ2n) is 4.30. The fraction of sp³-hybridized carbons (Fsp3) is 0.133. The standard InChI is InChI=1S/C15H14FNO2S/c1-9-7-10(19-2)3-6-14(9)17-15(18)12-8-11(20)4-5-13(12)16/h3-8,20H,1-2H3,(H,17,18). The maximum Gasteiger partial charge on any atom is 0.258 e. The summed E-state index contributed by atoms with van der Waals surface area (Å²) in [5.41, 5.74) is 1.41. The van der Waals surface area contributed by atoms with Gasteiger partial charge in [0.25, 0.3) is 5.91 Å². The van der Waals surface area contributed by atoms with E-state index >= 15 is 0 Å². The molecule has 0 aliphatic heterocycles. The first-order valence-corrected chi connectivity index (χ1v) is 6.40. The van der Waals surface area contributed by atoms with E-state index < -0.39 is 11.7 Å². The van der Waals surface area contributed by atoms with Crippen molar-refractivity contribution in [3.05, 3.63) is 53.3 Å². The van der Waals surface area contributed by atoms with Gasteiger partial charge in [-0.2, -0.15) is 0 Å². The normalized spacial score (nSPS) is 10.2. The van der Waals surface area contributed by atoms with E-state index in [1.165, 1.54) is 18.2 Å². The molecule has 20 heavy (non-hydrogen) atoms. The summed E-state index contributed by atoms with van der Waals surface area (Å²) in [6, 6.07) is 9.35. The summed E-state index contributed by atoms with van der Waals surface area (Å²) in [4.78, 5) is 12.6. The fourth-order valence-electron chi connectivity index (χ4n) is 1.78. The van der Waals surface area contributed by atoms with Crippen LogP contribution in [0, 0.1) is 12.7 Å². The molecule has 0 saturated carbocycles. The topological polar surface area (TPSA) is 38.3 Å². The number of carbonyl (C=O) groups is 1. The van der Waals surface area contributed by atoms with Crippen molar-refractivity contribution in [3.8, 4) is 5.75 Å². The van der Waals surface area contributed by atoms with Crippen LogP contribution < -0.4 is 10.1 Å². The van der Waals surface area contributed by atoms with E-state index in [2.05, 4.69) is 17.9 Å². The first-order chi connectivity index (χ1) is 9.51. The maximum atomic E-state index is 13.6. The van der Waals surface area contributed by atoms with Crippen molar-refractivity contribution in [3.63, 3.8) is 0 Å². The third-order valence-corrected chi connectivity index (χ3v) is 3.15. The number of amides is 1. The van der Waals surface area contributed by atoms with E-state index in [1.807, 2.05) is 6.92 Å². The van der Waals surface area contributed by atoms with E-state index in [0.29, 0.717) is 16.3 Å². The van der Waals surface area contributed by atoms with Crippen molar-refractivity contribution < 1.29 is 13.9 Å². The molecular formula is C15H14FNO2S. The van der Waals surface area contributed by atoms with Crippen molar-refractivity contribution in [1.82, 2.24) is 0 Å². The van der Waals surface area contributed by atoms with E-state index in [-0.39, 0.29) is 5.56 Å². The molecule has 0 atom stereocenters. The number of methoxy groups -OCH3 is 1. The molecule has 2 aromatic rings. The van der Waals surface area contributed by atoms with Gasteiger partial charge in [0.2, 0.25) is 0 Å². The lowest BCUT2D eigenvalue weighted by molar-refractivity contribution is 0.102. The van der Waals surface area contributed by atoms with Crippen molar-refractivity contribution >= 4 is 24.2 Å². The zero-order valence-corrected chi connectivity index (χ0v) is 12.0. The fourth-order valence-corrected chi connectivity index (χ4v) is 1.98. The number of hydrogen-bond acceptors (Lipinski definition) is 3. The van der Waals surface area contributed by atoms with Crippen molar-refractivity contribution in [1.29, 1.82) is 0 Å². The number of hydrogen-bond donors (Lipinski definition) is 2. The Labute approximate surface area is 122 Å². The SMILES string of the molecule is COc1ccc(NC(=O)c2cc(S)ccc2F)c(C)c1. The van der Waals surface area contributed by atoms with Crippen LogP contribution in [0.25, 0.3) is 0 Å². The summed E-state index contributed by atoms with van der Waals surface area (Å²) in [5.74, 6) is -0.387. The number of halogens is 1. The maximum absolute atomic E-state index is 13.6. The third kappa shape index (κ3) is 3.11. The van der Waals surface area contributed by atoms with Gasteiger partial charge in [-0.15, -0.1) is 12.6 Å². The Morgan fingerprint density at radius 1 is 1.25 bits per heavy atom. The predicted octanol–water partition coefficient (Wildman–Crippen LogP) is 3.68. The molecule has 0 radical (unpaired) electrons. The molecule has 1 amide bonds. The number of rotatable bonds is 3. The van der Waals surface area contributed by atoms with Crippen LogP contribution in [0.1, 0.15) is 15.9 Å². The van der Waals surface area contributed by atoms with Crippen LogP contribution in [-0.2, 0) is 0 Å². The molecule has 0 fully saturated rings. The molecule has 0 heterocycles. The molecule has 0 bridgehead atoms. The minimum Gasteiger partial charge on any atom is -0.497 e. The summed E-state index contributed by atoms with van der Waals surface area (Å²) in [6.07, 6.45) is 0. The highest BCUT2D eigenvalue weighted by Crippen LogP contribution is 2.22. The monoisotopic (exact) mass is 291 g/mol. The van der Waals surface area contributed by atoms with Crippen molar-refractivity contribution in [2.24, 2.45) is 0 Å². The summed E-state index contributed by atoms with van der Waals surface area (Å²) in [5, 5.41) is 2.68. The number of carbonyl (C=O) groups excluding carboxylic acids is 1. The molecule has 2 rings (SSSR count). The van der Waals surface area contributed by atoms with Gasteiger partial charge in [-0.25, -0.2) is 4.39 Å². The van der Waals surface area contributed by atoms with Gasteiger partial charge >= 0.3 is 0 Å². The van der Waals surface area contributed by atoms with Gasteiger partial charge in [-0.3, -0.25) is 4.79 Å². The highest BCUT2D eigenvalue weighted by molar-refractivity contribution is 7.80. The Hall–Kier alpha value is -2.01. The number of nitrogens with one attached hydrogen (secondary N) is 1. The van der Waals surface area contributed by atoms with E-state index in [0.717, 1.165) is 5.56 Å². The lowest BCUT2D eigenvalue weighted by Gasteiger charge is -2.10. The van der Waals surface area contributed by atoms with Crippen LogP contribution >= 0.6 is 12.6 Å². The number of anilines is 1. The quantitative estimate of drug-likeness (QED) is 0.847. The number of thiol groups is 1. The van der Waals surface area contributed by atoms with Crippen LogP contribution in [0.15, 0.2) is 41.3 Å². The van der Waals surface area contributed by atoms with Gasteiger partial charge < -0.3 is 10.1 Å². The molecule has 0 aliphatic carbocycles. The highest BCUT2D eigenvalue weighted by Gasteiger charge is 2.13. The lowest BCUT2D eigenvalue weighted by atomic mass is 10.1. The largest absolute Gasteiger partial charge is 0.497 e. The van der Waals surface area contributed by atoms with Crippen LogP contribution in [0.4, 0.5) is 10.1 Å². The minimum absolute atomic E-state index is 0.0345. The summed E-state index contributed by atoms with van der Waals surface area (Å²) in [6.45, 7) is 1.84. The van der Waals surface area contributed by atoms with Gasteiger partial charge in [-0.05, 0) is 48.9 Å². The van der Waals surface area contributed by atoms with Crippen LogP contribution in [0.2, 0.25) is 0 Å². The van der Waals surface area contributed by atoms with Crippen LogP contribution in [0.3, 0.4) is 0 Å². The Balaban J connectivity index is 2.25. The van der Waals surface area contributed by atoms with Crippen molar-refractivity contribution in [2.45, 2.75) is 11.8 Å². The second-order valence-corrected chi connectivity index (χ2v) is 4.82.